The molecule has 2 rings (SSSR count). The molecule has 0 aliphatic rings. The third-order valence-corrected chi connectivity index (χ3v) is 3.87. The molecule has 0 bridgehead atoms. The molecule has 114 valence electrons. The van der Waals surface area contributed by atoms with Crippen molar-refractivity contribution in [3.05, 3.63) is 53.6 Å². The maximum atomic E-state index is 4.40. The molecule has 0 aliphatic heterocycles. The molecule has 1 heterocycles. The molecule has 0 spiro atoms. The highest BCUT2D eigenvalue weighted by Crippen LogP contribution is 2.18. The molecule has 0 fully saturated rings. The fourth-order valence-corrected chi connectivity index (χ4v) is 2.74. The predicted molar refractivity (Wildman–Crippen MR) is 88.4 cm³/mol. The van der Waals surface area contributed by atoms with Gasteiger partial charge in [0.25, 0.3) is 0 Å². The Morgan fingerprint density at radius 1 is 1.19 bits per heavy atom. The lowest BCUT2D eigenvalue weighted by Gasteiger charge is -2.19. The zero-order valence-electron chi connectivity index (χ0n) is 13.6. The van der Waals surface area contributed by atoms with Gasteiger partial charge in [0.05, 0.1) is 0 Å². The van der Waals surface area contributed by atoms with Gasteiger partial charge in [-0.25, -0.2) is 4.98 Å². The average molecular weight is 285 g/mol. The number of benzene rings is 1. The molecule has 0 saturated carbocycles. The molecule has 0 saturated heterocycles. The summed E-state index contributed by atoms with van der Waals surface area (Å²) in [7, 11) is 2.02. The van der Waals surface area contributed by atoms with Crippen LogP contribution in [0.15, 0.2) is 36.7 Å². The van der Waals surface area contributed by atoms with Crippen molar-refractivity contribution in [3.63, 3.8) is 0 Å². The second-order valence-electron chi connectivity index (χ2n) is 6.03. The van der Waals surface area contributed by atoms with Crippen LogP contribution in [-0.4, -0.2) is 16.6 Å². The van der Waals surface area contributed by atoms with Crippen LogP contribution in [0, 0.1) is 5.92 Å². The highest BCUT2D eigenvalue weighted by atomic mass is 15.1. The van der Waals surface area contributed by atoms with Crippen LogP contribution in [0.1, 0.15) is 43.8 Å². The summed E-state index contributed by atoms with van der Waals surface area (Å²) >= 11 is 0. The van der Waals surface area contributed by atoms with Gasteiger partial charge in [0.1, 0.15) is 5.82 Å². The van der Waals surface area contributed by atoms with Crippen LogP contribution in [-0.2, 0) is 19.4 Å². The SMILES string of the molecule is CCc1nccn1CC(NC)c1ccc(CC(C)C)cc1. The van der Waals surface area contributed by atoms with Crippen molar-refractivity contribution < 1.29 is 0 Å². The summed E-state index contributed by atoms with van der Waals surface area (Å²) < 4.78 is 2.24. The lowest BCUT2D eigenvalue weighted by Crippen LogP contribution is -2.22. The lowest BCUT2D eigenvalue weighted by molar-refractivity contribution is 0.489. The van der Waals surface area contributed by atoms with Crippen molar-refractivity contribution in [2.75, 3.05) is 7.05 Å². The summed E-state index contributed by atoms with van der Waals surface area (Å²) in [6.07, 6.45) is 6.07. The van der Waals surface area contributed by atoms with E-state index < -0.39 is 0 Å². The van der Waals surface area contributed by atoms with Gasteiger partial charge in [-0.2, -0.15) is 0 Å². The van der Waals surface area contributed by atoms with Crippen molar-refractivity contribution in [3.8, 4) is 0 Å². The van der Waals surface area contributed by atoms with E-state index in [0.29, 0.717) is 12.0 Å². The molecular weight excluding hydrogens is 258 g/mol. The Morgan fingerprint density at radius 2 is 1.90 bits per heavy atom. The predicted octanol–water partition coefficient (Wildman–Crippen LogP) is 3.60. The quantitative estimate of drug-likeness (QED) is 0.842. The van der Waals surface area contributed by atoms with Crippen LogP contribution < -0.4 is 5.32 Å². The first-order chi connectivity index (χ1) is 10.1. The lowest BCUT2D eigenvalue weighted by atomic mass is 9.99. The summed E-state index contributed by atoms with van der Waals surface area (Å²) in [5, 5.41) is 3.42. The van der Waals surface area contributed by atoms with Crippen molar-refractivity contribution in [2.24, 2.45) is 5.92 Å². The molecule has 0 amide bonds. The number of imidazole rings is 1. The minimum absolute atomic E-state index is 0.317. The molecule has 0 radical (unpaired) electrons. The van der Waals surface area contributed by atoms with Gasteiger partial charge in [-0.1, -0.05) is 45.0 Å². The van der Waals surface area contributed by atoms with Crippen LogP contribution in [0.25, 0.3) is 0 Å². The van der Waals surface area contributed by atoms with Crippen LogP contribution in [0.5, 0.6) is 0 Å². The molecular formula is C18H27N3. The topological polar surface area (TPSA) is 29.9 Å². The number of nitrogens with zero attached hydrogens (tertiary/aromatic N) is 2. The zero-order valence-corrected chi connectivity index (χ0v) is 13.6. The highest BCUT2D eigenvalue weighted by molar-refractivity contribution is 5.25. The smallest absolute Gasteiger partial charge is 0.108 e. The largest absolute Gasteiger partial charge is 0.333 e. The molecule has 3 nitrogen and oxygen atoms in total. The number of rotatable bonds is 7. The number of aryl methyl sites for hydroxylation is 1. The number of hydrogen-bond acceptors (Lipinski definition) is 2. The summed E-state index contributed by atoms with van der Waals surface area (Å²) in [6, 6.07) is 9.34. The summed E-state index contributed by atoms with van der Waals surface area (Å²) in [5.74, 6) is 1.85. The summed E-state index contributed by atoms with van der Waals surface area (Å²) in [6.45, 7) is 7.59. The molecule has 3 heteroatoms. The maximum Gasteiger partial charge on any atom is 0.108 e. The Bertz CT molecular complexity index is 540. The van der Waals surface area contributed by atoms with E-state index in [0.717, 1.165) is 25.2 Å². The monoisotopic (exact) mass is 285 g/mol. The molecule has 0 aliphatic carbocycles. The number of aromatic nitrogens is 2. The summed E-state index contributed by atoms with van der Waals surface area (Å²) in [5.41, 5.74) is 2.75. The van der Waals surface area contributed by atoms with E-state index in [-0.39, 0.29) is 0 Å². The zero-order chi connectivity index (χ0) is 15.2. The van der Waals surface area contributed by atoms with E-state index >= 15 is 0 Å². The Morgan fingerprint density at radius 3 is 2.48 bits per heavy atom. The first-order valence-electron chi connectivity index (χ1n) is 7.90. The van der Waals surface area contributed by atoms with E-state index in [2.05, 4.69) is 66.1 Å². The fourth-order valence-electron chi connectivity index (χ4n) is 2.74. The van der Waals surface area contributed by atoms with Crippen molar-refractivity contribution in [2.45, 2.75) is 46.2 Å². The fraction of sp³-hybridized carbons (Fsp3) is 0.500. The third kappa shape index (κ3) is 4.18. The summed E-state index contributed by atoms with van der Waals surface area (Å²) in [4.78, 5) is 4.40. The van der Waals surface area contributed by atoms with Gasteiger partial charge in [-0.05, 0) is 30.5 Å². The van der Waals surface area contributed by atoms with E-state index in [9.17, 15) is 0 Å². The third-order valence-electron chi connectivity index (χ3n) is 3.87. The number of hydrogen-bond donors (Lipinski definition) is 1. The molecule has 1 aromatic carbocycles. The van der Waals surface area contributed by atoms with Crippen LogP contribution >= 0.6 is 0 Å². The Labute approximate surface area is 128 Å². The van der Waals surface area contributed by atoms with E-state index in [4.69, 9.17) is 0 Å². The van der Waals surface area contributed by atoms with Gasteiger partial charge < -0.3 is 9.88 Å². The standard InChI is InChI=1S/C18H27N3/c1-5-18-20-10-11-21(18)13-17(19-4)16-8-6-15(7-9-16)12-14(2)3/h6-11,14,17,19H,5,12-13H2,1-4H3. The number of nitrogens with one attached hydrogen (secondary N) is 1. The van der Waals surface area contributed by atoms with Crippen LogP contribution in [0.4, 0.5) is 0 Å². The van der Waals surface area contributed by atoms with Gasteiger partial charge in [0.15, 0.2) is 0 Å². The highest BCUT2D eigenvalue weighted by Gasteiger charge is 2.12. The molecule has 1 N–H and O–H groups in total. The van der Waals surface area contributed by atoms with Crippen molar-refractivity contribution >= 4 is 0 Å². The molecule has 1 unspecified atom stereocenters. The van der Waals surface area contributed by atoms with Crippen molar-refractivity contribution in [1.29, 1.82) is 0 Å². The Balaban J connectivity index is 2.10. The minimum Gasteiger partial charge on any atom is -0.333 e. The van der Waals surface area contributed by atoms with E-state index in [1.165, 1.54) is 11.1 Å². The van der Waals surface area contributed by atoms with Gasteiger partial charge >= 0.3 is 0 Å². The van der Waals surface area contributed by atoms with E-state index in [1.807, 2.05) is 13.2 Å². The second kappa shape index (κ2) is 7.41. The maximum absolute atomic E-state index is 4.40. The number of likely N-dealkylation sites (N-methyl/N-ethyl adjacent to an activating group) is 1. The molecule has 2 aromatic rings. The Hall–Kier alpha value is -1.61. The first kappa shape index (κ1) is 15.8. The minimum atomic E-state index is 0.317. The normalized spacial score (nSPS) is 12.8. The van der Waals surface area contributed by atoms with Gasteiger partial charge in [0, 0.05) is 31.4 Å². The molecule has 1 aromatic heterocycles. The van der Waals surface area contributed by atoms with Crippen LogP contribution in [0.2, 0.25) is 0 Å². The Kier molecular flexibility index (Phi) is 5.57. The van der Waals surface area contributed by atoms with Gasteiger partial charge in [-0.15, -0.1) is 0 Å². The van der Waals surface area contributed by atoms with Crippen molar-refractivity contribution in [1.82, 2.24) is 14.9 Å². The van der Waals surface area contributed by atoms with Crippen LogP contribution in [0.3, 0.4) is 0 Å². The van der Waals surface area contributed by atoms with Gasteiger partial charge in [0.2, 0.25) is 0 Å². The first-order valence-corrected chi connectivity index (χ1v) is 7.90. The van der Waals surface area contributed by atoms with Gasteiger partial charge in [-0.3, -0.25) is 0 Å². The molecule has 1 atom stereocenters. The average Bonchev–Trinajstić information content (AvgIpc) is 2.92. The molecule has 21 heavy (non-hydrogen) atoms. The van der Waals surface area contributed by atoms with E-state index in [1.54, 1.807) is 0 Å². The second-order valence-corrected chi connectivity index (χ2v) is 6.03.